The van der Waals surface area contributed by atoms with E-state index in [4.69, 9.17) is 5.73 Å². The lowest BCUT2D eigenvalue weighted by Crippen LogP contribution is -2.37. The number of rotatable bonds is 3. The largest absolute Gasteiger partial charge is 0.375 e. The summed E-state index contributed by atoms with van der Waals surface area (Å²) in [7, 11) is -3.55. The van der Waals surface area contributed by atoms with Gasteiger partial charge in [-0.3, -0.25) is 0 Å². The van der Waals surface area contributed by atoms with Crippen molar-refractivity contribution in [3.8, 4) is 0 Å². The molecular formula is C14H16FN3O2S2. The maximum absolute atomic E-state index is 12.9. The van der Waals surface area contributed by atoms with Crippen molar-refractivity contribution in [2.45, 2.75) is 23.7 Å². The van der Waals surface area contributed by atoms with Gasteiger partial charge in [0, 0.05) is 24.2 Å². The third-order valence-electron chi connectivity index (χ3n) is 3.85. The molecule has 0 aliphatic carbocycles. The van der Waals surface area contributed by atoms with Crippen LogP contribution < -0.4 is 5.73 Å². The highest BCUT2D eigenvalue weighted by molar-refractivity contribution is 7.89. The van der Waals surface area contributed by atoms with Gasteiger partial charge in [-0.2, -0.15) is 4.31 Å². The van der Waals surface area contributed by atoms with Crippen molar-refractivity contribution in [1.82, 2.24) is 9.29 Å². The summed E-state index contributed by atoms with van der Waals surface area (Å²) >= 11 is 1.46. The van der Waals surface area contributed by atoms with Crippen molar-refractivity contribution < 1.29 is 12.8 Å². The number of benzene rings is 1. The average Bonchev–Trinajstić information content (AvgIpc) is 2.94. The summed E-state index contributed by atoms with van der Waals surface area (Å²) in [5.74, 6) is -0.144. The summed E-state index contributed by atoms with van der Waals surface area (Å²) in [5, 5.41) is 0.538. The van der Waals surface area contributed by atoms with Crippen molar-refractivity contribution in [3.05, 3.63) is 41.2 Å². The Balaban J connectivity index is 1.71. The van der Waals surface area contributed by atoms with Gasteiger partial charge in [0.05, 0.1) is 4.90 Å². The van der Waals surface area contributed by atoms with E-state index in [1.807, 2.05) is 0 Å². The molecule has 0 radical (unpaired) electrons. The highest BCUT2D eigenvalue weighted by Crippen LogP contribution is 2.34. The van der Waals surface area contributed by atoms with Crippen LogP contribution in [0.25, 0.3) is 0 Å². The van der Waals surface area contributed by atoms with Crippen molar-refractivity contribution in [2.24, 2.45) is 0 Å². The predicted molar refractivity (Wildman–Crippen MR) is 83.7 cm³/mol. The molecule has 1 saturated heterocycles. The summed E-state index contributed by atoms with van der Waals surface area (Å²) < 4.78 is 39.4. The Labute approximate surface area is 132 Å². The lowest BCUT2D eigenvalue weighted by molar-refractivity contribution is 0.321. The van der Waals surface area contributed by atoms with Crippen molar-refractivity contribution >= 4 is 26.5 Å². The van der Waals surface area contributed by atoms with Gasteiger partial charge < -0.3 is 5.73 Å². The zero-order valence-electron chi connectivity index (χ0n) is 11.8. The molecule has 1 fully saturated rings. The summed E-state index contributed by atoms with van der Waals surface area (Å²) in [6.45, 7) is 0.893. The van der Waals surface area contributed by atoms with E-state index < -0.39 is 15.8 Å². The lowest BCUT2D eigenvalue weighted by Gasteiger charge is -2.30. The molecule has 0 atom stereocenters. The third-order valence-corrected chi connectivity index (χ3v) is 6.75. The van der Waals surface area contributed by atoms with E-state index >= 15 is 0 Å². The normalized spacial score (nSPS) is 17.7. The number of nitrogen functional groups attached to an aromatic ring is 1. The zero-order valence-corrected chi connectivity index (χ0v) is 13.4. The molecule has 0 saturated carbocycles. The topological polar surface area (TPSA) is 76.3 Å². The van der Waals surface area contributed by atoms with Gasteiger partial charge in [-0.25, -0.2) is 17.8 Å². The number of nitrogens with zero attached hydrogens (tertiary/aromatic N) is 2. The van der Waals surface area contributed by atoms with Crippen molar-refractivity contribution in [2.75, 3.05) is 18.8 Å². The number of piperidine rings is 1. The predicted octanol–water partition coefficient (Wildman–Crippen LogP) is 2.43. The first-order valence-corrected chi connectivity index (χ1v) is 9.19. The molecule has 1 aliphatic heterocycles. The van der Waals surface area contributed by atoms with E-state index in [0.29, 0.717) is 24.1 Å². The van der Waals surface area contributed by atoms with E-state index in [9.17, 15) is 12.8 Å². The Kier molecular flexibility index (Phi) is 4.16. The number of nitrogens with two attached hydrogens (primary N) is 1. The highest BCUT2D eigenvalue weighted by atomic mass is 32.2. The average molecular weight is 341 g/mol. The van der Waals surface area contributed by atoms with Crippen LogP contribution in [0.3, 0.4) is 0 Å². The molecule has 8 heteroatoms. The Morgan fingerprint density at radius 3 is 2.41 bits per heavy atom. The lowest BCUT2D eigenvalue weighted by atomic mass is 9.97. The van der Waals surface area contributed by atoms with Crippen LogP contribution in [0, 0.1) is 5.82 Å². The molecule has 0 bridgehead atoms. The monoisotopic (exact) mass is 341 g/mol. The van der Waals surface area contributed by atoms with Crippen LogP contribution in [0.15, 0.2) is 35.4 Å². The molecule has 2 heterocycles. The number of sulfonamides is 1. The second-order valence-electron chi connectivity index (χ2n) is 5.23. The maximum Gasteiger partial charge on any atom is 0.243 e. The first-order chi connectivity index (χ1) is 10.5. The standard InChI is InChI=1S/C14H16FN3O2S2/c15-11-1-3-12(4-2-11)22(19,20)18-7-5-10(6-8-18)13-9-17-14(16)21-13/h1-4,9-10H,5-8H2,(H2,16,17). The molecule has 2 N–H and O–H groups in total. The minimum Gasteiger partial charge on any atom is -0.375 e. The highest BCUT2D eigenvalue weighted by Gasteiger charge is 2.30. The number of hydrogen-bond donors (Lipinski definition) is 1. The van der Waals surface area contributed by atoms with Crippen LogP contribution in [0.1, 0.15) is 23.6 Å². The minimum absolute atomic E-state index is 0.134. The molecule has 0 amide bonds. The fourth-order valence-electron chi connectivity index (χ4n) is 2.63. The summed E-state index contributed by atoms with van der Waals surface area (Å²) in [4.78, 5) is 5.29. The number of aromatic nitrogens is 1. The van der Waals surface area contributed by atoms with E-state index in [-0.39, 0.29) is 4.90 Å². The van der Waals surface area contributed by atoms with Crippen LogP contribution in [-0.2, 0) is 10.0 Å². The van der Waals surface area contributed by atoms with Crippen LogP contribution >= 0.6 is 11.3 Å². The van der Waals surface area contributed by atoms with Crippen molar-refractivity contribution in [3.63, 3.8) is 0 Å². The van der Waals surface area contributed by atoms with E-state index in [1.165, 1.54) is 39.9 Å². The third kappa shape index (κ3) is 2.99. The number of hydrogen-bond acceptors (Lipinski definition) is 5. The van der Waals surface area contributed by atoms with Crippen molar-refractivity contribution in [1.29, 1.82) is 0 Å². The first kappa shape index (κ1) is 15.4. The summed E-state index contributed by atoms with van der Waals surface area (Å²) in [6, 6.07) is 4.95. The van der Waals surface area contributed by atoms with Crippen LogP contribution in [0.4, 0.5) is 9.52 Å². The van der Waals surface area contributed by atoms with E-state index in [1.54, 1.807) is 6.20 Å². The Bertz CT molecular complexity index is 751. The number of halogens is 1. The molecule has 1 aromatic heterocycles. The fraction of sp³-hybridized carbons (Fsp3) is 0.357. The van der Waals surface area contributed by atoms with E-state index in [2.05, 4.69) is 4.98 Å². The molecule has 1 aromatic carbocycles. The molecular weight excluding hydrogens is 325 g/mol. The summed E-state index contributed by atoms with van der Waals surface area (Å²) in [5.41, 5.74) is 5.64. The Morgan fingerprint density at radius 2 is 1.86 bits per heavy atom. The smallest absolute Gasteiger partial charge is 0.243 e. The number of anilines is 1. The molecule has 3 rings (SSSR count). The van der Waals surface area contributed by atoms with Crippen LogP contribution in [-0.4, -0.2) is 30.8 Å². The number of thiazole rings is 1. The molecule has 0 unspecified atom stereocenters. The van der Waals surface area contributed by atoms with Gasteiger partial charge in [0.2, 0.25) is 10.0 Å². The van der Waals surface area contributed by atoms with Gasteiger partial charge in [-0.1, -0.05) is 0 Å². The molecule has 0 spiro atoms. The minimum atomic E-state index is -3.55. The molecule has 1 aliphatic rings. The second-order valence-corrected chi connectivity index (χ2v) is 8.26. The quantitative estimate of drug-likeness (QED) is 0.930. The van der Waals surface area contributed by atoms with E-state index in [0.717, 1.165) is 17.7 Å². The Hall–Kier alpha value is -1.51. The van der Waals surface area contributed by atoms with Gasteiger partial charge in [-0.15, -0.1) is 11.3 Å². The molecule has 22 heavy (non-hydrogen) atoms. The van der Waals surface area contributed by atoms with Gasteiger partial charge in [0.15, 0.2) is 5.13 Å². The SMILES string of the molecule is Nc1ncc(C2CCN(S(=O)(=O)c3ccc(F)cc3)CC2)s1. The second kappa shape index (κ2) is 5.94. The van der Waals surface area contributed by atoms with Crippen LogP contribution in [0.2, 0.25) is 0 Å². The van der Waals surface area contributed by atoms with Gasteiger partial charge >= 0.3 is 0 Å². The first-order valence-electron chi connectivity index (χ1n) is 6.94. The van der Waals surface area contributed by atoms with Crippen LogP contribution in [0.5, 0.6) is 0 Å². The fourth-order valence-corrected chi connectivity index (χ4v) is 4.95. The van der Waals surface area contributed by atoms with Gasteiger partial charge in [0.25, 0.3) is 0 Å². The maximum atomic E-state index is 12.9. The van der Waals surface area contributed by atoms with Gasteiger partial charge in [-0.05, 0) is 43.0 Å². The zero-order chi connectivity index (χ0) is 15.7. The molecule has 5 nitrogen and oxygen atoms in total. The summed E-state index contributed by atoms with van der Waals surface area (Å²) in [6.07, 6.45) is 3.25. The van der Waals surface area contributed by atoms with Gasteiger partial charge in [0.1, 0.15) is 5.82 Å². The Morgan fingerprint density at radius 1 is 1.23 bits per heavy atom. The molecule has 2 aromatic rings. The molecule has 118 valence electrons.